The summed E-state index contributed by atoms with van der Waals surface area (Å²) in [6.45, 7) is 1.99. The number of hydrogen-bond acceptors (Lipinski definition) is 3. The Bertz CT molecular complexity index is 715. The van der Waals surface area contributed by atoms with Gasteiger partial charge in [0.1, 0.15) is 0 Å². The second kappa shape index (κ2) is 7.51. The maximum Gasteiger partial charge on any atom is 0.231 e. The summed E-state index contributed by atoms with van der Waals surface area (Å²) in [7, 11) is 4.97. The average Bonchev–Trinajstić information content (AvgIpc) is 2.54. The third-order valence-electron chi connectivity index (χ3n) is 3.70. The minimum Gasteiger partial charge on any atom is -0.493 e. The molecule has 2 aromatic rings. The molecule has 0 N–H and O–H groups in total. The highest BCUT2D eigenvalue weighted by atomic mass is 79.9. The van der Waals surface area contributed by atoms with Gasteiger partial charge in [0.25, 0.3) is 0 Å². The van der Waals surface area contributed by atoms with Crippen molar-refractivity contribution in [2.75, 3.05) is 26.2 Å². The number of rotatable bonds is 5. The van der Waals surface area contributed by atoms with Crippen LogP contribution >= 0.6 is 15.9 Å². The van der Waals surface area contributed by atoms with E-state index in [0.29, 0.717) is 17.9 Å². The lowest BCUT2D eigenvalue weighted by atomic mass is 10.1. The molecule has 2 rings (SSSR count). The first-order chi connectivity index (χ1) is 11.0. The number of anilines is 1. The molecular weight excluding hydrogens is 358 g/mol. The number of nitrogens with zero attached hydrogens (tertiary/aromatic N) is 1. The summed E-state index contributed by atoms with van der Waals surface area (Å²) in [4.78, 5) is 14.2. The molecule has 4 nitrogen and oxygen atoms in total. The Balaban J connectivity index is 2.18. The number of carbonyl (C=O) groups excluding carboxylic acids is 1. The number of methoxy groups -OCH3 is 2. The van der Waals surface area contributed by atoms with Crippen molar-refractivity contribution in [2.24, 2.45) is 0 Å². The lowest BCUT2D eigenvalue weighted by molar-refractivity contribution is -0.117. The minimum atomic E-state index is 0.0163. The van der Waals surface area contributed by atoms with E-state index in [2.05, 4.69) is 15.9 Å². The van der Waals surface area contributed by atoms with Gasteiger partial charge < -0.3 is 14.4 Å². The monoisotopic (exact) mass is 377 g/mol. The van der Waals surface area contributed by atoms with Crippen LogP contribution in [-0.4, -0.2) is 27.2 Å². The fourth-order valence-corrected chi connectivity index (χ4v) is 2.89. The topological polar surface area (TPSA) is 38.8 Å². The van der Waals surface area contributed by atoms with Gasteiger partial charge >= 0.3 is 0 Å². The average molecular weight is 378 g/mol. The highest BCUT2D eigenvalue weighted by Gasteiger charge is 2.15. The van der Waals surface area contributed by atoms with E-state index < -0.39 is 0 Å². The number of benzene rings is 2. The largest absolute Gasteiger partial charge is 0.493 e. The van der Waals surface area contributed by atoms with E-state index in [0.717, 1.165) is 21.3 Å². The number of ether oxygens (including phenoxy) is 2. The Labute approximate surface area is 145 Å². The zero-order valence-corrected chi connectivity index (χ0v) is 15.3. The Hall–Kier alpha value is -2.01. The SMILES string of the molecule is COc1ccc(CC(=O)N(C)c2ccc(Br)cc2C)cc1OC. The number of halogens is 1. The summed E-state index contributed by atoms with van der Waals surface area (Å²) < 4.78 is 11.5. The fourth-order valence-electron chi connectivity index (χ4n) is 2.41. The minimum absolute atomic E-state index is 0.0163. The molecule has 0 saturated carbocycles. The van der Waals surface area contributed by atoms with Crippen LogP contribution in [0.4, 0.5) is 5.69 Å². The zero-order valence-electron chi connectivity index (χ0n) is 13.7. The van der Waals surface area contributed by atoms with Crippen LogP contribution in [0.1, 0.15) is 11.1 Å². The van der Waals surface area contributed by atoms with E-state index in [1.54, 1.807) is 26.2 Å². The van der Waals surface area contributed by atoms with Gasteiger partial charge in [-0.15, -0.1) is 0 Å². The highest BCUT2D eigenvalue weighted by molar-refractivity contribution is 9.10. The number of aryl methyl sites for hydroxylation is 1. The lowest BCUT2D eigenvalue weighted by Crippen LogP contribution is -2.28. The summed E-state index contributed by atoms with van der Waals surface area (Å²) in [5.74, 6) is 1.30. The fraction of sp³-hybridized carbons (Fsp3) is 0.278. The summed E-state index contributed by atoms with van der Waals surface area (Å²) >= 11 is 3.44. The maximum atomic E-state index is 12.5. The normalized spacial score (nSPS) is 10.3. The van der Waals surface area contributed by atoms with Crippen LogP contribution in [0.25, 0.3) is 0 Å². The maximum absolute atomic E-state index is 12.5. The summed E-state index contributed by atoms with van der Waals surface area (Å²) in [6.07, 6.45) is 0.298. The van der Waals surface area contributed by atoms with Gasteiger partial charge in [-0.3, -0.25) is 4.79 Å². The Morgan fingerprint density at radius 1 is 1.09 bits per heavy atom. The van der Waals surface area contributed by atoms with Crippen molar-refractivity contribution in [3.63, 3.8) is 0 Å². The molecule has 0 aliphatic carbocycles. The Morgan fingerprint density at radius 2 is 1.78 bits per heavy atom. The van der Waals surface area contributed by atoms with E-state index >= 15 is 0 Å². The van der Waals surface area contributed by atoms with Crippen molar-refractivity contribution >= 4 is 27.5 Å². The molecule has 0 heterocycles. The molecule has 0 spiro atoms. The molecule has 2 aromatic carbocycles. The standard InChI is InChI=1S/C18H20BrNO3/c1-12-9-14(19)6-7-15(12)20(2)18(21)11-13-5-8-16(22-3)17(10-13)23-4/h5-10H,11H2,1-4H3. The van der Waals surface area contributed by atoms with Crippen molar-refractivity contribution in [1.29, 1.82) is 0 Å². The van der Waals surface area contributed by atoms with Crippen LogP contribution in [0.2, 0.25) is 0 Å². The van der Waals surface area contributed by atoms with E-state index in [9.17, 15) is 4.79 Å². The van der Waals surface area contributed by atoms with Crippen molar-refractivity contribution in [1.82, 2.24) is 0 Å². The van der Waals surface area contributed by atoms with Crippen LogP contribution < -0.4 is 14.4 Å². The molecule has 0 aliphatic heterocycles. The summed E-state index contributed by atoms with van der Waals surface area (Å²) in [5.41, 5.74) is 2.83. The van der Waals surface area contributed by atoms with Crippen LogP contribution in [0.15, 0.2) is 40.9 Å². The van der Waals surface area contributed by atoms with Crippen LogP contribution in [-0.2, 0) is 11.2 Å². The molecule has 0 atom stereocenters. The quantitative estimate of drug-likeness (QED) is 0.790. The van der Waals surface area contributed by atoms with Crippen molar-refractivity contribution in [3.8, 4) is 11.5 Å². The van der Waals surface area contributed by atoms with Crippen molar-refractivity contribution in [3.05, 3.63) is 52.0 Å². The van der Waals surface area contributed by atoms with Crippen molar-refractivity contribution in [2.45, 2.75) is 13.3 Å². The smallest absolute Gasteiger partial charge is 0.231 e. The Kier molecular flexibility index (Phi) is 5.66. The number of amides is 1. The second-order valence-electron chi connectivity index (χ2n) is 5.25. The first kappa shape index (κ1) is 17.3. The number of carbonyl (C=O) groups is 1. The van der Waals surface area contributed by atoms with Crippen LogP contribution in [0.5, 0.6) is 11.5 Å². The third-order valence-corrected chi connectivity index (χ3v) is 4.19. The van der Waals surface area contributed by atoms with E-state index in [-0.39, 0.29) is 5.91 Å². The molecule has 23 heavy (non-hydrogen) atoms. The van der Waals surface area contributed by atoms with Gasteiger partial charge in [-0.1, -0.05) is 22.0 Å². The van der Waals surface area contributed by atoms with Gasteiger partial charge in [-0.05, 0) is 48.4 Å². The highest BCUT2D eigenvalue weighted by Crippen LogP contribution is 2.28. The van der Waals surface area contributed by atoms with Gasteiger partial charge in [0.15, 0.2) is 11.5 Å². The van der Waals surface area contributed by atoms with Gasteiger partial charge in [0, 0.05) is 17.2 Å². The molecule has 0 aromatic heterocycles. The number of hydrogen-bond donors (Lipinski definition) is 0. The lowest BCUT2D eigenvalue weighted by Gasteiger charge is -2.20. The molecule has 0 fully saturated rings. The molecule has 5 heteroatoms. The first-order valence-corrected chi connectivity index (χ1v) is 7.99. The van der Waals surface area contributed by atoms with Gasteiger partial charge in [-0.25, -0.2) is 0 Å². The van der Waals surface area contributed by atoms with Crippen LogP contribution in [0.3, 0.4) is 0 Å². The molecule has 0 saturated heterocycles. The Morgan fingerprint density at radius 3 is 2.39 bits per heavy atom. The van der Waals surface area contributed by atoms with Gasteiger partial charge in [-0.2, -0.15) is 0 Å². The van der Waals surface area contributed by atoms with Crippen molar-refractivity contribution < 1.29 is 14.3 Å². The van der Waals surface area contributed by atoms with E-state index in [4.69, 9.17) is 9.47 Å². The third kappa shape index (κ3) is 4.05. The molecule has 0 radical (unpaired) electrons. The molecule has 0 bridgehead atoms. The summed E-state index contributed by atoms with van der Waals surface area (Å²) in [5, 5.41) is 0. The van der Waals surface area contributed by atoms with Gasteiger partial charge in [0.05, 0.1) is 20.6 Å². The second-order valence-corrected chi connectivity index (χ2v) is 6.17. The van der Waals surface area contributed by atoms with Gasteiger partial charge in [0.2, 0.25) is 5.91 Å². The molecule has 1 amide bonds. The van der Waals surface area contributed by atoms with Crippen LogP contribution in [0, 0.1) is 6.92 Å². The predicted octanol–water partition coefficient (Wildman–Crippen LogP) is 3.98. The predicted molar refractivity (Wildman–Crippen MR) is 95.5 cm³/mol. The molecule has 0 aliphatic rings. The van der Waals surface area contributed by atoms with E-state index in [1.165, 1.54) is 0 Å². The first-order valence-electron chi connectivity index (χ1n) is 7.20. The molecule has 0 unspecified atom stereocenters. The number of likely N-dealkylation sites (N-methyl/N-ethyl adjacent to an activating group) is 1. The molecule has 122 valence electrons. The summed E-state index contributed by atoms with van der Waals surface area (Å²) in [6, 6.07) is 11.4. The van der Waals surface area contributed by atoms with E-state index in [1.807, 2.05) is 43.3 Å². The zero-order chi connectivity index (χ0) is 17.0. The molecular formula is C18H20BrNO3.